The Morgan fingerprint density at radius 1 is 1.65 bits per heavy atom. The Morgan fingerprint density at radius 2 is 2.29 bits per heavy atom. The molecule has 0 fully saturated rings. The third kappa shape index (κ3) is 3.56. The summed E-state index contributed by atoms with van der Waals surface area (Å²) in [5.41, 5.74) is 5.27. The van der Waals surface area contributed by atoms with Gasteiger partial charge in [0, 0.05) is 20.0 Å². The van der Waals surface area contributed by atoms with Crippen LogP contribution in [0.1, 0.15) is 6.42 Å². The van der Waals surface area contributed by atoms with E-state index in [2.05, 4.69) is 5.16 Å². The van der Waals surface area contributed by atoms with Gasteiger partial charge in [0.2, 0.25) is 0 Å². The van der Waals surface area contributed by atoms with Gasteiger partial charge < -0.3 is 10.9 Å². The number of amidine groups is 1. The van der Waals surface area contributed by atoms with Gasteiger partial charge in [0.25, 0.3) is 10.0 Å². The Morgan fingerprint density at radius 3 is 2.76 bits per heavy atom. The second-order valence-electron chi connectivity index (χ2n) is 3.23. The van der Waals surface area contributed by atoms with Gasteiger partial charge >= 0.3 is 0 Å². The van der Waals surface area contributed by atoms with Gasteiger partial charge in [0.1, 0.15) is 10.0 Å². The standard InChI is InChI=1S/C8H12ClN3O3S2/c1-12(5-4-7(10)11-13)17(14,15)8-3-2-6(9)16-8/h2-3,13H,4-5H2,1H3,(H2,10,11). The Labute approximate surface area is 108 Å². The van der Waals surface area contributed by atoms with Gasteiger partial charge in [0.05, 0.1) is 4.34 Å². The molecule has 0 unspecified atom stereocenters. The van der Waals surface area contributed by atoms with Gasteiger partial charge in [-0.3, -0.25) is 0 Å². The van der Waals surface area contributed by atoms with Crippen LogP contribution in [-0.4, -0.2) is 37.4 Å². The maximum Gasteiger partial charge on any atom is 0.252 e. The molecule has 0 aromatic carbocycles. The number of nitrogens with two attached hydrogens (primary N) is 1. The largest absolute Gasteiger partial charge is 0.409 e. The molecule has 1 rings (SSSR count). The van der Waals surface area contributed by atoms with Crippen molar-refractivity contribution in [3.8, 4) is 0 Å². The molecular formula is C8H12ClN3O3S2. The van der Waals surface area contributed by atoms with Crippen LogP contribution in [0.5, 0.6) is 0 Å². The number of sulfonamides is 1. The molecule has 0 atom stereocenters. The highest BCUT2D eigenvalue weighted by atomic mass is 35.5. The Kier molecular flexibility index (Phi) is 4.75. The summed E-state index contributed by atoms with van der Waals surface area (Å²) in [6.07, 6.45) is 0.158. The molecule has 0 radical (unpaired) electrons. The smallest absolute Gasteiger partial charge is 0.252 e. The van der Waals surface area contributed by atoms with Gasteiger partial charge in [-0.15, -0.1) is 11.3 Å². The minimum atomic E-state index is -3.55. The van der Waals surface area contributed by atoms with Crippen molar-refractivity contribution in [1.82, 2.24) is 4.31 Å². The minimum Gasteiger partial charge on any atom is -0.409 e. The zero-order valence-corrected chi connectivity index (χ0v) is 11.4. The van der Waals surface area contributed by atoms with E-state index in [1.54, 1.807) is 0 Å². The molecule has 0 aliphatic heterocycles. The zero-order chi connectivity index (χ0) is 13.1. The van der Waals surface area contributed by atoms with Crippen molar-refractivity contribution >= 4 is 38.8 Å². The summed E-state index contributed by atoms with van der Waals surface area (Å²) in [5, 5.41) is 11.1. The summed E-state index contributed by atoms with van der Waals surface area (Å²) in [7, 11) is -2.12. The molecule has 1 aromatic rings. The number of rotatable bonds is 5. The molecule has 17 heavy (non-hydrogen) atoms. The van der Waals surface area contributed by atoms with Crippen LogP contribution in [0, 0.1) is 0 Å². The molecule has 0 aliphatic carbocycles. The summed E-state index contributed by atoms with van der Waals surface area (Å²) < 4.78 is 25.7. The van der Waals surface area contributed by atoms with E-state index < -0.39 is 10.0 Å². The third-order valence-electron chi connectivity index (χ3n) is 2.02. The van der Waals surface area contributed by atoms with Gasteiger partial charge in [-0.05, 0) is 12.1 Å². The molecule has 9 heteroatoms. The Balaban J connectivity index is 2.78. The van der Waals surface area contributed by atoms with Crippen LogP contribution < -0.4 is 5.73 Å². The highest BCUT2D eigenvalue weighted by Crippen LogP contribution is 2.27. The number of thiophene rings is 1. The fraction of sp³-hybridized carbons (Fsp3) is 0.375. The van der Waals surface area contributed by atoms with Crippen molar-refractivity contribution in [3.63, 3.8) is 0 Å². The molecule has 0 bridgehead atoms. The molecule has 0 amide bonds. The van der Waals surface area contributed by atoms with Crippen LogP contribution in [0.3, 0.4) is 0 Å². The lowest BCUT2D eigenvalue weighted by molar-refractivity contribution is 0.316. The van der Waals surface area contributed by atoms with Gasteiger partial charge in [-0.2, -0.15) is 4.31 Å². The molecule has 0 saturated carbocycles. The van der Waals surface area contributed by atoms with Crippen LogP contribution in [0.25, 0.3) is 0 Å². The molecule has 0 aliphatic rings. The summed E-state index contributed by atoms with van der Waals surface area (Å²) in [4.78, 5) is 0. The van der Waals surface area contributed by atoms with Crippen molar-refractivity contribution in [2.45, 2.75) is 10.6 Å². The first-order chi connectivity index (χ1) is 7.87. The topological polar surface area (TPSA) is 96.0 Å². The monoisotopic (exact) mass is 297 g/mol. The number of hydrogen-bond donors (Lipinski definition) is 2. The van der Waals surface area contributed by atoms with Gasteiger partial charge in [0.15, 0.2) is 0 Å². The van der Waals surface area contributed by atoms with Crippen molar-refractivity contribution < 1.29 is 13.6 Å². The van der Waals surface area contributed by atoms with E-state index in [4.69, 9.17) is 22.5 Å². The summed E-state index contributed by atoms with van der Waals surface area (Å²) in [6.45, 7) is 0.133. The molecule has 0 saturated heterocycles. The maximum absolute atomic E-state index is 12.0. The third-order valence-corrected chi connectivity index (χ3v) is 5.58. The predicted octanol–water partition coefficient (Wildman–Crippen LogP) is 1.16. The van der Waals surface area contributed by atoms with Crippen molar-refractivity contribution in [1.29, 1.82) is 0 Å². The number of halogens is 1. The van der Waals surface area contributed by atoms with Gasteiger partial charge in [-0.1, -0.05) is 16.8 Å². The summed E-state index contributed by atoms with van der Waals surface area (Å²) >= 11 is 6.67. The van der Waals surface area contributed by atoms with Crippen molar-refractivity contribution in [2.24, 2.45) is 10.9 Å². The molecule has 1 aromatic heterocycles. The summed E-state index contributed by atoms with van der Waals surface area (Å²) in [6, 6.07) is 2.97. The second kappa shape index (κ2) is 5.67. The van der Waals surface area contributed by atoms with Crippen LogP contribution >= 0.6 is 22.9 Å². The second-order valence-corrected chi connectivity index (χ2v) is 7.21. The molecule has 6 nitrogen and oxygen atoms in total. The fourth-order valence-corrected chi connectivity index (χ4v) is 3.90. The Hall–Kier alpha value is -0.830. The predicted molar refractivity (Wildman–Crippen MR) is 67.2 cm³/mol. The van der Waals surface area contributed by atoms with Crippen molar-refractivity contribution in [2.75, 3.05) is 13.6 Å². The minimum absolute atomic E-state index is 0.0174. The number of hydrogen-bond acceptors (Lipinski definition) is 5. The van der Waals surface area contributed by atoms with E-state index in [1.165, 1.54) is 19.2 Å². The first-order valence-corrected chi connectivity index (χ1v) is 7.19. The average Bonchev–Trinajstić information content (AvgIpc) is 2.72. The average molecular weight is 298 g/mol. The van der Waals surface area contributed by atoms with Crippen LogP contribution in [-0.2, 0) is 10.0 Å². The lowest BCUT2D eigenvalue weighted by Crippen LogP contribution is -2.30. The van der Waals surface area contributed by atoms with Crippen LogP contribution in [0.2, 0.25) is 4.34 Å². The zero-order valence-electron chi connectivity index (χ0n) is 9.00. The van der Waals surface area contributed by atoms with Crippen LogP contribution in [0.15, 0.2) is 21.5 Å². The van der Waals surface area contributed by atoms with E-state index in [9.17, 15) is 8.42 Å². The van der Waals surface area contributed by atoms with Crippen LogP contribution in [0.4, 0.5) is 0 Å². The summed E-state index contributed by atoms with van der Waals surface area (Å²) in [5.74, 6) is -0.0174. The van der Waals surface area contributed by atoms with E-state index in [-0.39, 0.29) is 23.0 Å². The van der Waals surface area contributed by atoms with E-state index >= 15 is 0 Å². The first kappa shape index (κ1) is 14.2. The van der Waals surface area contributed by atoms with E-state index in [0.29, 0.717) is 4.34 Å². The highest BCUT2D eigenvalue weighted by Gasteiger charge is 2.22. The maximum atomic E-state index is 12.0. The fourth-order valence-electron chi connectivity index (χ4n) is 1.03. The quantitative estimate of drug-likeness (QED) is 0.369. The lowest BCUT2D eigenvalue weighted by atomic mass is 10.4. The van der Waals surface area contributed by atoms with Crippen molar-refractivity contribution in [3.05, 3.63) is 16.5 Å². The van der Waals surface area contributed by atoms with Gasteiger partial charge in [-0.25, -0.2) is 8.42 Å². The molecule has 0 spiro atoms. The van der Waals surface area contributed by atoms with E-state index in [0.717, 1.165) is 15.6 Å². The molecule has 1 heterocycles. The van der Waals surface area contributed by atoms with E-state index in [1.807, 2.05) is 0 Å². The normalized spacial score (nSPS) is 13.2. The molecule has 96 valence electrons. The molecular weight excluding hydrogens is 286 g/mol. The number of nitrogens with zero attached hydrogens (tertiary/aromatic N) is 2. The lowest BCUT2D eigenvalue weighted by Gasteiger charge is -2.15. The molecule has 3 N–H and O–H groups in total. The number of oxime groups is 1. The Bertz CT molecular complexity index is 512. The SMILES string of the molecule is CN(CC/C(N)=N/O)S(=O)(=O)c1ccc(Cl)s1. The highest BCUT2D eigenvalue weighted by molar-refractivity contribution is 7.91. The first-order valence-electron chi connectivity index (χ1n) is 4.56.